The van der Waals surface area contributed by atoms with E-state index in [4.69, 9.17) is 4.74 Å². The highest BCUT2D eigenvalue weighted by Gasteiger charge is 2.38. The van der Waals surface area contributed by atoms with E-state index in [9.17, 15) is 5.11 Å². The highest BCUT2D eigenvalue weighted by atomic mass is 16.5. The molecule has 1 aromatic rings. The molecule has 2 unspecified atom stereocenters. The first-order valence-electron chi connectivity index (χ1n) is 6.69. The lowest BCUT2D eigenvalue weighted by molar-refractivity contribution is 0.0286. The number of hydrogen-bond donors (Lipinski definition) is 2. The summed E-state index contributed by atoms with van der Waals surface area (Å²) in [4.78, 5) is 0. The monoisotopic (exact) mass is 249 g/mol. The predicted molar refractivity (Wildman–Crippen MR) is 72.3 cm³/mol. The topological polar surface area (TPSA) is 41.5 Å². The number of rotatable bonds is 6. The zero-order valence-electron chi connectivity index (χ0n) is 11.1. The zero-order chi connectivity index (χ0) is 12.8. The fourth-order valence-corrected chi connectivity index (χ4v) is 2.82. The largest absolute Gasteiger partial charge is 0.396 e. The molecule has 100 valence electrons. The molecule has 2 atom stereocenters. The Balaban J connectivity index is 1.82. The SMILES string of the molecule is CNCC1(CO)CCC(OCc2ccccc2)C1. The van der Waals surface area contributed by atoms with Gasteiger partial charge in [0.05, 0.1) is 19.3 Å². The van der Waals surface area contributed by atoms with Gasteiger partial charge in [-0.1, -0.05) is 30.3 Å². The first kappa shape index (κ1) is 13.5. The van der Waals surface area contributed by atoms with Gasteiger partial charge in [0, 0.05) is 12.0 Å². The molecule has 1 aliphatic rings. The summed E-state index contributed by atoms with van der Waals surface area (Å²) in [5.41, 5.74) is 1.24. The van der Waals surface area contributed by atoms with Crippen LogP contribution in [0.25, 0.3) is 0 Å². The van der Waals surface area contributed by atoms with Gasteiger partial charge in [-0.3, -0.25) is 0 Å². The predicted octanol–water partition coefficient (Wildman–Crippen LogP) is 1.95. The molecule has 0 saturated heterocycles. The molecule has 0 bridgehead atoms. The van der Waals surface area contributed by atoms with Crippen molar-refractivity contribution < 1.29 is 9.84 Å². The van der Waals surface area contributed by atoms with Gasteiger partial charge in [-0.2, -0.15) is 0 Å². The van der Waals surface area contributed by atoms with Crippen molar-refractivity contribution in [3.8, 4) is 0 Å². The molecule has 1 aromatic carbocycles. The van der Waals surface area contributed by atoms with Gasteiger partial charge in [-0.05, 0) is 31.9 Å². The summed E-state index contributed by atoms with van der Waals surface area (Å²) in [7, 11) is 1.94. The van der Waals surface area contributed by atoms with E-state index in [2.05, 4.69) is 17.4 Å². The van der Waals surface area contributed by atoms with E-state index in [-0.39, 0.29) is 18.1 Å². The number of benzene rings is 1. The van der Waals surface area contributed by atoms with Crippen LogP contribution in [-0.2, 0) is 11.3 Å². The lowest BCUT2D eigenvalue weighted by Gasteiger charge is -2.26. The molecule has 2 rings (SSSR count). The van der Waals surface area contributed by atoms with Crippen molar-refractivity contribution in [1.82, 2.24) is 5.32 Å². The van der Waals surface area contributed by atoms with Crippen LogP contribution in [0.2, 0.25) is 0 Å². The Morgan fingerprint density at radius 3 is 2.83 bits per heavy atom. The number of aliphatic hydroxyl groups is 1. The van der Waals surface area contributed by atoms with Crippen molar-refractivity contribution >= 4 is 0 Å². The molecule has 1 fully saturated rings. The maximum Gasteiger partial charge on any atom is 0.0720 e. The minimum absolute atomic E-state index is 0.0239. The normalized spacial score (nSPS) is 27.6. The van der Waals surface area contributed by atoms with E-state index in [1.165, 1.54) is 5.56 Å². The van der Waals surface area contributed by atoms with E-state index in [1.54, 1.807) is 0 Å². The zero-order valence-corrected chi connectivity index (χ0v) is 11.1. The molecule has 0 radical (unpaired) electrons. The van der Waals surface area contributed by atoms with Gasteiger partial charge in [0.1, 0.15) is 0 Å². The van der Waals surface area contributed by atoms with E-state index < -0.39 is 0 Å². The molecular weight excluding hydrogens is 226 g/mol. The molecule has 0 amide bonds. The van der Waals surface area contributed by atoms with Crippen LogP contribution in [0.5, 0.6) is 0 Å². The second kappa shape index (κ2) is 6.32. The Morgan fingerprint density at radius 1 is 1.39 bits per heavy atom. The maximum atomic E-state index is 9.56. The second-order valence-corrected chi connectivity index (χ2v) is 5.35. The third-order valence-electron chi connectivity index (χ3n) is 3.87. The van der Waals surface area contributed by atoms with Gasteiger partial charge in [0.15, 0.2) is 0 Å². The summed E-state index contributed by atoms with van der Waals surface area (Å²) in [6.07, 6.45) is 3.33. The summed E-state index contributed by atoms with van der Waals surface area (Å²) < 4.78 is 5.95. The molecule has 18 heavy (non-hydrogen) atoms. The summed E-state index contributed by atoms with van der Waals surface area (Å²) in [5.74, 6) is 0. The molecule has 0 heterocycles. The Morgan fingerprint density at radius 2 is 2.17 bits per heavy atom. The molecule has 0 aliphatic heterocycles. The molecule has 0 aromatic heterocycles. The summed E-state index contributed by atoms with van der Waals surface area (Å²) in [6, 6.07) is 10.3. The molecule has 2 N–H and O–H groups in total. The second-order valence-electron chi connectivity index (χ2n) is 5.35. The maximum absolute atomic E-state index is 9.56. The lowest BCUT2D eigenvalue weighted by atomic mass is 9.87. The third-order valence-corrected chi connectivity index (χ3v) is 3.87. The molecule has 1 aliphatic carbocycles. The highest BCUT2D eigenvalue weighted by Crippen LogP contribution is 2.39. The third kappa shape index (κ3) is 3.31. The first-order valence-corrected chi connectivity index (χ1v) is 6.69. The standard InChI is InChI=1S/C15H23NO2/c1-16-11-15(12-17)8-7-14(9-15)18-10-13-5-3-2-4-6-13/h2-6,14,16-17H,7-12H2,1H3. The fraction of sp³-hybridized carbons (Fsp3) is 0.600. The van der Waals surface area contributed by atoms with Gasteiger partial charge < -0.3 is 15.2 Å². The molecular formula is C15H23NO2. The molecule has 1 saturated carbocycles. The highest BCUT2D eigenvalue weighted by molar-refractivity contribution is 5.13. The van der Waals surface area contributed by atoms with E-state index >= 15 is 0 Å². The molecule has 3 nitrogen and oxygen atoms in total. The number of nitrogens with one attached hydrogen (secondary N) is 1. The van der Waals surface area contributed by atoms with Crippen LogP contribution in [0, 0.1) is 5.41 Å². The Kier molecular flexibility index (Phi) is 4.75. The Bertz CT molecular complexity index is 355. The summed E-state index contributed by atoms with van der Waals surface area (Å²) >= 11 is 0. The summed E-state index contributed by atoms with van der Waals surface area (Å²) in [6.45, 7) is 1.79. The fourth-order valence-electron chi connectivity index (χ4n) is 2.82. The quantitative estimate of drug-likeness (QED) is 0.809. The van der Waals surface area contributed by atoms with Gasteiger partial charge in [-0.15, -0.1) is 0 Å². The smallest absolute Gasteiger partial charge is 0.0720 e. The van der Waals surface area contributed by atoms with Crippen LogP contribution in [0.1, 0.15) is 24.8 Å². The van der Waals surface area contributed by atoms with E-state index in [1.807, 2.05) is 25.2 Å². The summed E-state index contributed by atoms with van der Waals surface area (Å²) in [5, 5.41) is 12.7. The minimum Gasteiger partial charge on any atom is -0.396 e. The Labute approximate surface area is 109 Å². The molecule has 0 spiro atoms. The van der Waals surface area contributed by atoms with Gasteiger partial charge in [0.2, 0.25) is 0 Å². The number of ether oxygens (including phenoxy) is 1. The van der Waals surface area contributed by atoms with Crippen molar-refractivity contribution in [2.75, 3.05) is 20.2 Å². The van der Waals surface area contributed by atoms with Crippen molar-refractivity contribution in [1.29, 1.82) is 0 Å². The number of hydrogen-bond acceptors (Lipinski definition) is 3. The average molecular weight is 249 g/mol. The van der Waals surface area contributed by atoms with Gasteiger partial charge in [-0.25, -0.2) is 0 Å². The van der Waals surface area contributed by atoms with Crippen LogP contribution in [0.15, 0.2) is 30.3 Å². The van der Waals surface area contributed by atoms with Crippen molar-refractivity contribution in [3.05, 3.63) is 35.9 Å². The number of aliphatic hydroxyl groups excluding tert-OH is 1. The minimum atomic E-state index is 0.0239. The van der Waals surface area contributed by atoms with Crippen molar-refractivity contribution in [2.45, 2.75) is 32.0 Å². The van der Waals surface area contributed by atoms with Crippen LogP contribution in [0.3, 0.4) is 0 Å². The first-order chi connectivity index (χ1) is 8.78. The van der Waals surface area contributed by atoms with Crippen LogP contribution in [-0.4, -0.2) is 31.4 Å². The van der Waals surface area contributed by atoms with E-state index in [0.29, 0.717) is 6.61 Å². The van der Waals surface area contributed by atoms with Crippen LogP contribution < -0.4 is 5.32 Å². The lowest BCUT2D eigenvalue weighted by Crippen LogP contribution is -2.34. The van der Waals surface area contributed by atoms with Crippen molar-refractivity contribution in [3.63, 3.8) is 0 Å². The van der Waals surface area contributed by atoms with Gasteiger partial charge >= 0.3 is 0 Å². The van der Waals surface area contributed by atoms with Crippen LogP contribution in [0.4, 0.5) is 0 Å². The molecule has 3 heteroatoms. The average Bonchev–Trinajstić information content (AvgIpc) is 2.82. The van der Waals surface area contributed by atoms with Crippen molar-refractivity contribution in [2.24, 2.45) is 5.41 Å². The van der Waals surface area contributed by atoms with Crippen LogP contribution >= 0.6 is 0 Å². The van der Waals surface area contributed by atoms with E-state index in [0.717, 1.165) is 25.8 Å². The van der Waals surface area contributed by atoms with Gasteiger partial charge in [0.25, 0.3) is 0 Å². The Hall–Kier alpha value is -0.900.